The number of benzene rings is 2. The van der Waals surface area contributed by atoms with Crippen LogP contribution < -0.4 is 20.1 Å². The highest BCUT2D eigenvalue weighted by atomic mass is 79.9. The molecule has 2 N–H and O–H groups in total. The third kappa shape index (κ3) is 5.83. The van der Waals surface area contributed by atoms with Gasteiger partial charge < -0.3 is 20.1 Å². The van der Waals surface area contributed by atoms with E-state index in [2.05, 4.69) is 31.7 Å². The molecule has 11 heteroatoms. The summed E-state index contributed by atoms with van der Waals surface area (Å²) < 4.78 is 15.3. The van der Waals surface area contributed by atoms with Crippen molar-refractivity contribution < 1.29 is 9.47 Å². The lowest BCUT2D eigenvalue weighted by molar-refractivity contribution is 0.354. The number of aryl methyl sites for hydroxylation is 1. The second-order valence-corrected chi connectivity index (χ2v) is 9.76. The van der Waals surface area contributed by atoms with Gasteiger partial charge in [0.15, 0.2) is 22.4 Å². The molecule has 0 radical (unpaired) electrons. The summed E-state index contributed by atoms with van der Waals surface area (Å²) in [5, 5.41) is 16.8. The third-order valence-electron chi connectivity index (χ3n) is 5.64. The van der Waals surface area contributed by atoms with E-state index in [4.69, 9.17) is 38.4 Å². The highest BCUT2D eigenvalue weighted by Crippen LogP contribution is 2.29. The number of hydrogen-bond acceptors (Lipinski definition) is 5. The molecule has 0 aliphatic heterocycles. The summed E-state index contributed by atoms with van der Waals surface area (Å²) >= 11 is 15.4. The second-order valence-electron chi connectivity index (χ2n) is 8.09. The Morgan fingerprint density at radius 3 is 2.50 bits per heavy atom. The van der Waals surface area contributed by atoms with Crippen LogP contribution in [0.15, 0.2) is 53.1 Å². The van der Waals surface area contributed by atoms with Crippen LogP contribution in [-0.4, -0.2) is 38.9 Å². The number of halogens is 2. The number of thiocarbonyl (C=S) groups is 1. The van der Waals surface area contributed by atoms with Gasteiger partial charge in [-0.1, -0.05) is 35.9 Å². The monoisotopic (exact) mass is 588 g/mol. The molecule has 2 aromatic carbocycles. The highest BCUT2D eigenvalue weighted by molar-refractivity contribution is 9.10. The van der Waals surface area contributed by atoms with Gasteiger partial charge in [0.1, 0.15) is 0 Å². The molecular weight excluding hydrogens is 564 g/mol. The molecule has 0 atom stereocenters. The topological polar surface area (TPSA) is 78.2 Å². The largest absolute Gasteiger partial charge is 0.493 e. The van der Waals surface area contributed by atoms with Crippen LogP contribution in [0.1, 0.15) is 22.5 Å². The molecule has 0 aliphatic carbocycles. The van der Waals surface area contributed by atoms with Crippen molar-refractivity contribution in [1.29, 1.82) is 0 Å². The van der Waals surface area contributed by atoms with Gasteiger partial charge in [0, 0.05) is 11.2 Å². The van der Waals surface area contributed by atoms with Crippen molar-refractivity contribution in [1.82, 2.24) is 19.6 Å². The van der Waals surface area contributed by atoms with E-state index in [-0.39, 0.29) is 0 Å². The Morgan fingerprint density at radius 1 is 1.03 bits per heavy atom. The van der Waals surface area contributed by atoms with Gasteiger partial charge in [0.2, 0.25) is 0 Å². The summed E-state index contributed by atoms with van der Waals surface area (Å²) in [6.45, 7) is 5.06. The van der Waals surface area contributed by atoms with Crippen molar-refractivity contribution in [2.45, 2.75) is 26.9 Å². The van der Waals surface area contributed by atoms with Gasteiger partial charge in [0.05, 0.1) is 48.9 Å². The lowest BCUT2D eigenvalue weighted by atomic mass is 10.2. The number of nitrogens with zero attached hydrogens (tertiary/aromatic N) is 4. The van der Waals surface area contributed by atoms with Crippen LogP contribution in [0.5, 0.6) is 11.5 Å². The average molecular weight is 590 g/mol. The summed E-state index contributed by atoms with van der Waals surface area (Å²) in [7, 11) is 3.24. The van der Waals surface area contributed by atoms with E-state index < -0.39 is 0 Å². The second kappa shape index (κ2) is 11.3. The fourth-order valence-corrected chi connectivity index (χ4v) is 4.61. The molecule has 2 aromatic heterocycles. The van der Waals surface area contributed by atoms with Crippen LogP contribution in [0.2, 0.25) is 5.02 Å². The van der Waals surface area contributed by atoms with Crippen molar-refractivity contribution in [3.63, 3.8) is 0 Å². The minimum absolute atomic E-state index is 0.413. The fraction of sp³-hybridized carbons (Fsp3) is 0.240. The first-order valence-corrected chi connectivity index (χ1v) is 12.7. The van der Waals surface area contributed by atoms with E-state index >= 15 is 0 Å². The molecule has 0 spiro atoms. The molecule has 36 heavy (non-hydrogen) atoms. The smallest absolute Gasteiger partial charge is 0.176 e. The van der Waals surface area contributed by atoms with Crippen LogP contribution in [0.4, 0.5) is 11.5 Å². The minimum Gasteiger partial charge on any atom is -0.493 e. The zero-order valence-corrected chi connectivity index (χ0v) is 23.5. The quantitative estimate of drug-likeness (QED) is 0.243. The number of methoxy groups -OCH3 is 2. The zero-order chi connectivity index (χ0) is 25.8. The zero-order valence-electron chi connectivity index (χ0n) is 20.3. The van der Waals surface area contributed by atoms with Crippen molar-refractivity contribution in [2.75, 3.05) is 24.9 Å². The van der Waals surface area contributed by atoms with Gasteiger partial charge in [-0.25, -0.2) is 0 Å². The molecule has 8 nitrogen and oxygen atoms in total. The number of nitrogens with one attached hydrogen (secondary N) is 2. The van der Waals surface area contributed by atoms with Crippen molar-refractivity contribution in [3.8, 4) is 11.5 Å². The molecule has 0 fully saturated rings. The Labute approximate surface area is 228 Å². The molecule has 4 aromatic rings. The summed E-state index contributed by atoms with van der Waals surface area (Å²) in [6.07, 6.45) is 1.88. The van der Waals surface area contributed by atoms with Gasteiger partial charge in [-0.15, -0.1) is 0 Å². The molecule has 4 rings (SSSR count). The highest BCUT2D eigenvalue weighted by Gasteiger charge is 2.16. The Hall–Kier alpha value is -3.08. The van der Waals surface area contributed by atoms with Crippen LogP contribution in [0.25, 0.3) is 0 Å². The standard InChI is InChI=1S/C25H26BrClN6O2S/c1-15-23(16(2)33(30-15)12-17-9-10-21(34-3)22(11-17)35-4)28-25(36)29-24-19(26)14-32(31-24)13-18-7-5-6-8-20(18)27/h5-11,14H,12-13H2,1-4H3,(H2,28,29,31,36). The molecule has 0 saturated carbocycles. The van der Waals surface area contributed by atoms with E-state index in [0.717, 1.165) is 32.7 Å². The molecule has 0 saturated heterocycles. The lowest BCUT2D eigenvalue weighted by Crippen LogP contribution is -2.20. The molecule has 0 bridgehead atoms. The predicted octanol–water partition coefficient (Wildman–Crippen LogP) is 6.04. The van der Waals surface area contributed by atoms with Crippen LogP contribution in [-0.2, 0) is 13.1 Å². The molecule has 0 amide bonds. The van der Waals surface area contributed by atoms with E-state index in [0.29, 0.717) is 40.5 Å². The van der Waals surface area contributed by atoms with Crippen LogP contribution in [0, 0.1) is 13.8 Å². The summed E-state index contributed by atoms with van der Waals surface area (Å²) in [4.78, 5) is 0. The third-order valence-corrected chi connectivity index (χ3v) is 6.79. The molecule has 0 aliphatic rings. The average Bonchev–Trinajstić information content (AvgIpc) is 3.33. The Balaban J connectivity index is 1.45. The van der Waals surface area contributed by atoms with E-state index in [1.807, 2.05) is 67.2 Å². The molecule has 2 heterocycles. The summed E-state index contributed by atoms with van der Waals surface area (Å²) in [6, 6.07) is 13.5. The minimum atomic E-state index is 0.413. The first kappa shape index (κ1) is 26.0. The first-order valence-electron chi connectivity index (χ1n) is 11.1. The number of rotatable bonds is 8. The van der Waals surface area contributed by atoms with Crippen molar-refractivity contribution in [3.05, 3.63) is 80.7 Å². The SMILES string of the molecule is COc1ccc(Cn2nc(C)c(NC(=S)Nc3nn(Cc4ccccc4Cl)cc3Br)c2C)cc1OC. The summed E-state index contributed by atoms with van der Waals surface area (Å²) in [5.41, 5.74) is 4.66. The van der Waals surface area contributed by atoms with Gasteiger partial charge >= 0.3 is 0 Å². The van der Waals surface area contributed by atoms with E-state index in [1.54, 1.807) is 18.9 Å². The van der Waals surface area contributed by atoms with Crippen LogP contribution in [0.3, 0.4) is 0 Å². The fourth-order valence-electron chi connectivity index (χ4n) is 3.80. The summed E-state index contributed by atoms with van der Waals surface area (Å²) in [5.74, 6) is 1.97. The normalized spacial score (nSPS) is 10.8. The number of ether oxygens (including phenoxy) is 2. The van der Waals surface area contributed by atoms with Gasteiger partial charge in [-0.3, -0.25) is 9.36 Å². The predicted molar refractivity (Wildman–Crippen MR) is 151 cm³/mol. The van der Waals surface area contributed by atoms with Crippen molar-refractivity contribution in [2.24, 2.45) is 0 Å². The maximum atomic E-state index is 6.29. The first-order chi connectivity index (χ1) is 17.3. The maximum absolute atomic E-state index is 6.29. The maximum Gasteiger partial charge on any atom is 0.176 e. The van der Waals surface area contributed by atoms with Gasteiger partial charge in [-0.2, -0.15) is 10.2 Å². The van der Waals surface area contributed by atoms with Gasteiger partial charge in [-0.05, 0) is 71.3 Å². The number of anilines is 2. The van der Waals surface area contributed by atoms with Gasteiger partial charge in [0.25, 0.3) is 0 Å². The van der Waals surface area contributed by atoms with E-state index in [9.17, 15) is 0 Å². The number of hydrogen-bond donors (Lipinski definition) is 2. The van der Waals surface area contributed by atoms with Crippen molar-refractivity contribution >= 4 is 56.4 Å². The Kier molecular flexibility index (Phi) is 8.17. The molecule has 188 valence electrons. The van der Waals surface area contributed by atoms with Crippen LogP contribution >= 0.6 is 39.7 Å². The molecular formula is C25H26BrClN6O2S. The Morgan fingerprint density at radius 2 is 1.78 bits per heavy atom. The molecule has 0 unspecified atom stereocenters. The Bertz CT molecular complexity index is 1400. The van der Waals surface area contributed by atoms with E-state index in [1.165, 1.54) is 0 Å². The lowest BCUT2D eigenvalue weighted by Gasteiger charge is -2.11. The number of aromatic nitrogens is 4.